The highest BCUT2D eigenvalue weighted by Crippen LogP contribution is 2.65. The number of nitro groups is 1. The Morgan fingerprint density at radius 3 is 2.00 bits per heavy atom. The summed E-state index contributed by atoms with van der Waals surface area (Å²) in [7, 11) is 2.17. The monoisotopic (exact) mass is 308 g/mol. The molecule has 0 fully saturated rings. The standard InChI is InChI=1S/C19H20N2O2/c1-4-18-14-8-6-7-9-15(14)19(5-2,20(18)3)17-12-13(21(22)23)10-11-16(17)18/h6-12H,4-5H2,1-3H3. The van der Waals surface area contributed by atoms with Gasteiger partial charge in [-0.05, 0) is 48.2 Å². The Kier molecular flexibility index (Phi) is 2.77. The molecule has 2 aromatic carbocycles. The van der Waals surface area contributed by atoms with Gasteiger partial charge in [-0.15, -0.1) is 0 Å². The van der Waals surface area contributed by atoms with Gasteiger partial charge in [0.15, 0.2) is 0 Å². The molecule has 2 unspecified atom stereocenters. The fourth-order valence-electron chi connectivity index (χ4n) is 5.13. The maximum atomic E-state index is 11.3. The van der Waals surface area contributed by atoms with Gasteiger partial charge >= 0.3 is 0 Å². The first kappa shape index (κ1) is 14.4. The Morgan fingerprint density at radius 1 is 0.957 bits per heavy atom. The van der Waals surface area contributed by atoms with Crippen LogP contribution in [0.25, 0.3) is 0 Å². The molecule has 0 N–H and O–H groups in total. The molecule has 0 radical (unpaired) electrons. The Morgan fingerprint density at radius 2 is 1.48 bits per heavy atom. The lowest BCUT2D eigenvalue weighted by atomic mass is 9.71. The summed E-state index contributed by atoms with van der Waals surface area (Å²) in [5, 5.41) is 11.3. The summed E-state index contributed by atoms with van der Waals surface area (Å²) in [5.74, 6) is 0. The van der Waals surface area contributed by atoms with Gasteiger partial charge in [-0.25, -0.2) is 0 Å². The van der Waals surface area contributed by atoms with Crippen LogP contribution >= 0.6 is 0 Å². The molecule has 2 heterocycles. The molecule has 4 rings (SSSR count). The van der Waals surface area contributed by atoms with E-state index in [0.717, 1.165) is 18.4 Å². The average Bonchev–Trinajstić information content (AvgIpc) is 2.94. The van der Waals surface area contributed by atoms with Gasteiger partial charge < -0.3 is 0 Å². The summed E-state index contributed by atoms with van der Waals surface area (Å²) in [6.07, 6.45) is 1.85. The van der Waals surface area contributed by atoms with E-state index >= 15 is 0 Å². The minimum Gasteiger partial charge on any atom is -0.279 e. The number of nitro benzene ring substituents is 1. The van der Waals surface area contributed by atoms with Crippen molar-refractivity contribution in [3.63, 3.8) is 0 Å². The first-order valence-electron chi connectivity index (χ1n) is 8.17. The molecule has 2 atom stereocenters. The first-order chi connectivity index (χ1) is 11.0. The van der Waals surface area contributed by atoms with E-state index in [-0.39, 0.29) is 21.7 Å². The Hall–Kier alpha value is -2.20. The van der Waals surface area contributed by atoms with E-state index in [4.69, 9.17) is 0 Å². The van der Waals surface area contributed by atoms with E-state index in [0.29, 0.717) is 0 Å². The van der Waals surface area contributed by atoms with Crippen molar-refractivity contribution >= 4 is 5.69 Å². The molecule has 0 saturated carbocycles. The van der Waals surface area contributed by atoms with Crippen molar-refractivity contribution in [3.8, 4) is 0 Å². The van der Waals surface area contributed by atoms with Gasteiger partial charge in [0.2, 0.25) is 0 Å². The van der Waals surface area contributed by atoms with Crippen LogP contribution in [0.5, 0.6) is 0 Å². The molecule has 0 amide bonds. The maximum Gasteiger partial charge on any atom is 0.269 e. The topological polar surface area (TPSA) is 46.4 Å². The van der Waals surface area contributed by atoms with Crippen molar-refractivity contribution < 1.29 is 4.92 Å². The highest BCUT2D eigenvalue weighted by atomic mass is 16.6. The fraction of sp³-hybridized carbons (Fsp3) is 0.368. The van der Waals surface area contributed by atoms with Gasteiger partial charge in [0.25, 0.3) is 5.69 Å². The van der Waals surface area contributed by atoms with Crippen LogP contribution in [0.1, 0.15) is 48.9 Å². The molecular formula is C19H20N2O2. The number of fused-ring (bicyclic) bond motifs is 8. The number of hydrogen-bond donors (Lipinski definition) is 0. The summed E-state index contributed by atoms with van der Waals surface area (Å²) in [5.41, 5.74) is 4.76. The summed E-state index contributed by atoms with van der Waals surface area (Å²) < 4.78 is 0. The maximum absolute atomic E-state index is 11.3. The lowest BCUT2D eigenvalue weighted by molar-refractivity contribution is -0.385. The molecule has 2 aliphatic heterocycles. The SMILES string of the molecule is CCC12c3ccccc3C(CC)(c3cc([N+](=O)[O-])ccc31)N2C. The summed E-state index contributed by atoms with van der Waals surface area (Å²) in [6, 6.07) is 14.0. The van der Waals surface area contributed by atoms with Gasteiger partial charge in [-0.3, -0.25) is 15.0 Å². The molecule has 0 aromatic heterocycles. The van der Waals surface area contributed by atoms with Crippen LogP contribution in [0.3, 0.4) is 0 Å². The molecule has 4 nitrogen and oxygen atoms in total. The van der Waals surface area contributed by atoms with E-state index in [1.54, 1.807) is 12.1 Å². The van der Waals surface area contributed by atoms with E-state index in [9.17, 15) is 10.1 Å². The van der Waals surface area contributed by atoms with Crippen molar-refractivity contribution in [2.45, 2.75) is 37.8 Å². The van der Waals surface area contributed by atoms with Crippen molar-refractivity contribution in [3.05, 3.63) is 74.8 Å². The second-order valence-corrected chi connectivity index (χ2v) is 6.52. The van der Waals surface area contributed by atoms with E-state index in [2.05, 4.69) is 50.1 Å². The second kappa shape index (κ2) is 4.42. The zero-order chi connectivity index (χ0) is 16.4. The Balaban J connectivity index is 2.12. The van der Waals surface area contributed by atoms with Crippen molar-refractivity contribution in [1.29, 1.82) is 0 Å². The zero-order valence-electron chi connectivity index (χ0n) is 13.7. The number of non-ortho nitro benzene ring substituents is 1. The van der Waals surface area contributed by atoms with E-state index in [1.807, 2.05) is 6.07 Å². The van der Waals surface area contributed by atoms with Gasteiger partial charge in [-0.1, -0.05) is 38.1 Å². The highest BCUT2D eigenvalue weighted by Gasteiger charge is 2.63. The molecule has 118 valence electrons. The Bertz CT molecular complexity index is 832. The molecule has 2 bridgehead atoms. The number of nitrogens with zero attached hydrogens (tertiary/aromatic N) is 2. The van der Waals surface area contributed by atoms with E-state index in [1.165, 1.54) is 16.7 Å². The summed E-state index contributed by atoms with van der Waals surface area (Å²) in [6.45, 7) is 4.38. The molecule has 0 spiro atoms. The van der Waals surface area contributed by atoms with Crippen molar-refractivity contribution in [2.75, 3.05) is 7.05 Å². The van der Waals surface area contributed by atoms with Crippen LogP contribution in [0.2, 0.25) is 0 Å². The third-order valence-electron chi connectivity index (χ3n) is 6.09. The van der Waals surface area contributed by atoms with Crippen LogP contribution in [-0.2, 0) is 11.1 Å². The smallest absolute Gasteiger partial charge is 0.269 e. The molecular weight excluding hydrogens is 288 g/mol. The van der Waals surface area contributed by atoms with Gasteiger partial charge in [0.1, 0.15) is 0 Å². The van der Waals surface area contributed by atoms with Crippen LogP contribution in [0.4, 0.5) is 5.69 Å². The predicted octanol–water partition coefficient (Wildman–Crippen LogP) is 4.16. The number of rotatable bonds is 3. The average molecular weight is 308 g/mol. The number of benzene rings is 2. The summed E-state index contributed by atoms with van der Waals surface area (Å²) >= 11 is 0. The molecule has 0 saturated heterocycles. The predicted molar refractivity (Wildman–Crippen MR) is 89.4 cm³/mol. The first-order valence-corrected chi connectivity index (χ1v) is 8.17. The molecule has 2 aromatic rings. The third kappa shape index (κ3) is 1.36. The lowest BCUT2D eigenvalue weighted by Crippen LogP contribution is -2.42. The normalized spacial score (nSPS) is 27.8. The van der Waals surface area contributed by atoms with Gasteiger partial charge in [-0.2, -0.15) is 0 Å². The third-order valence-corrected chi connectivity index (χ3v) is 6.09. The lowest BCUT2D eigenvalue weighted by Gasteiger charge is -2.36. The summed E-state index contributed by atoms with van der Waals surface area (Å²) in [4.78, 5) is 13.4. The Labute approximate surface area is 135 Å². The van der Waals surface area contributed by atoms with Crippen LogP contribution in [-0.4, -0.2) is 16.9 Å². The minimum absolute atomic E-state index is 0.170. The van der Waals surface area contributed by atoms with E-state index < -0.39 is 0 Å². The van der Waals surface area contributed by atoms with Crippen LogP contribution < -0.4 is 0 Å². The highest BCUT2D eigenvalue weighted by molar-refractivity contribution is 5.66. The zero-order valence-corrected chi connectivity index (χ0v) is 13.7. The van der Waals surface area contributed by atoms with Gasteiger partial charge in [0.05, 0.1) is 16.0 Å². The quantitative estimate of drug-likeness (QED) is 0.632. The molecule has 4 heteroatoms. The van der Waals surface area contributed by atoms with Crippen LogP contribution in [0, 0.1) is 10.1 Å². The second-order valence-electron chi connectivity index (χ2n) is 6.52. The molecule has 0 aliphatic carbocycles. The van der Waals surface area contributed by atoms with Gasteiger partial charge in [0, 0.05) is 12.1 Å². The molecule has 2 aliphatic rings. The van der Waals surface area contributed by atoms with Crippen LogP contribution in [0.15, 0.2) is 42.5 Å². The van der Waals surface area contributed by atoms with Crippen molar-refractivity contribution in [1.82, 2.24) is 4.90 Å². The number of hydrogen-bond acceptors (Lipinski definition) is 3. The fourth-order valence-corrected chi connectivity index (χ4v) is 5.13. The minimum atomic E-state index is -0.292. The largest absolute Gasteiger partial charge is 0.279 e. The van der Waals surface area contributed by atoms with Crippen molar-refractivity contribution in [2.24, 2.45) is 0 Å². The molecule has 23 heavy (non-hydrogen) atoms.